The number of halogens is 1. The summed E-state index contributed by atoms with van der Waals surface area (Å²) in [6.07, 6.45) is 3.61. The van der Waals surface area contributed by atoms with Gasteiger partial charge >= 0.3 is 0 Å². The minimum absolute atomic E-state index is 0.113. The molecule has 0 amide bonds. The Morgan fingerprint density at radius 3 is 2.60 bits per heavy atom. The first kappa shape index (κ1) is 15.0. The molecule has 20 heavy (non-hydrogen) atoms. The van der Waals surface area contributed by atoms with Crippen molar-refractivity contribution < 1.29 is 4.74 Å². The predicted octanol–water partition coefficient (Wildman–Crippen LogP) is 3.85. The zero-order valence-corrected chi connectivity index (χ0v) is 13.5. The van der Waals surface area contributed by atoms with E-state index in [2.05, 4.69) is 20.9 Å². The lowest BCUT2D eigenvalue weighted by Gasteiger charge is -2.26. The Morgan fingerprint density at radius 2 is 1.95 bits per heavy atom. The van der Waals surface area contributed by atoms with Crippen LogP contribution in [0.5, 0.6) is 5.75 Å². The standard InChI is InChI=1S/C16H19BrN2O/c1-11(2)20-15-8-13(9-19-10-15)16(3,18)12-5-4-6-14(17)7-12/h4-11H,18H2,1-3H3. The smallest absolute Gasteiger partial charge is 0.138 e. The fraction of sp³-hybridized carbons (Fsp3) is 0.312. The number of hydrogen-bond acceptors (Lipinski definition) is 3. The van der Waals surface area contributed by atoms with Crippen molar-refractivity contribution in [2.24, 2.45) is 5.73 Å². The van der Waals surface area contributed by atoms with Gasteiger partial charge in [0.25, 0.3) is 0 Å². The summed E-state index contributed by atoms with van der Waals surface area (Å²) in [5.74, 6) is 0.740. The van der Waals surface area contributed by atoms with Gasteiger partial charge in [-0.05, 0) is 50.1 Å². The molecule has 1 aromatic carbocycles. The van der Waals surface area contributed by atoms with E-state index in [-0.39, 0.29) is 6.10 Å². The molecule has 1 aromatic heterocycles. The molecule has 0 radical (unpaired) electrons. The van der Waals surface area contributed by atoms with Gasteiger partial charge in [0, 0.05) is 10.7 Å². The third-order valence-corrected chi connectivity index (χ3v) is 3.60. The van der Waals surface area contributed by atoms with Crippen LogP contribution in [0.15, 0.2) is 47.2 Å². The van der Waals surface area contributed by atoms with Crippen LogP contribution in [0, 0.1) is 0 Å². The number of rotatable bonds is 4. The maximum absolute atomic E-state index is 6.51. The molecule has 0 bridgehead atoms. The van der Waals surface area contributed by atoms with E-state index in [1.807, 2.05) is 51.1 Å². The Bertz CT molecular complexity index is 597. The van der Waals surface area contributed by atoms with Crippen LogP contribution in [0.25, 0.3) is 0 Å². The molecule has 0 saturated carbocycles. The molecular formula is C16H19BrN2O. The average molecular weight is 335 g/mol. The van der Waals surface area contributed by atoms with Crippen molar-refractivity contribution in [2.75, 3.05) is 0 Å². The van der Waals surface area contributed by atoms with Crippen molar-refractivity contribution in [1.29, 1.82) is 0 Å². The molecule has 0 fully saturated rings. The van der Waals surface area contributed by atoms with Crippen molar-refractivity contribution in [3.63, 3.8) is 0 Å². The molecule has 3 nitrogen and oxygen atoms in total. The van der Waals surface area contributed by atoms with Crippen molar-refractivity contribution >= 4 is 15.9 Å². The van der Waals surface area contributed by atoms with Gasteiger partial charge in [0.1, 0.15) is 5.75 Å². The molecule has 0 saturated heterocycles. The fourth-order valence-corrected chi connectivity index (χ4v) is 2.42. The monoisotopic (exact) mass is 334 g/mol. The Labute approximate surface area is 128 Å². The van der Waals surface area contributed by atoms with Gasteiger partial charge in [-0.1, -0.05) is 28.1 Å². The molecule has 2 N–H and O–H groups in total. The van der Waals surface area contributed by atoms with E-state index in [9.17, 15) is 0 Å². The second-order valence-corrected chi connectivity index (χ2v) is 6.20. The first-order chi connectivity index (χ1) is 9.39. The van der Waals surface area contributed by atoms with E-state index >= 15 is 0 Å². The van der Waals surface area contributed by atoms with Gasteiger partial charge in [-0.25, -0.2) is 0 Å². The van der Waals surface area contributed by atoms with Gasteiger partial charge in [0.2, 0.25) is 0 Å². The van der Waals surface area contributed by atoms with Crippen molar-refractivity contribution in [3.05, 3.63) is 58.3 Å². The zero-order valence-electron chi connectivity index (χ0n) is 11.9. The minimum atomic E-state index is -0.618. The largest absolute Gasteiger partial charge is 0.489 e. The van der Waals surface area contributed by atoms with Gasteiger partial charge in [-0.2, -0.15) is 0 Å². The van der Waals surface area contributed by atoms with Crippen molar-refractivity contribution in [2.45, 2.75) is 32.4 Å². The zero-order chi connectivity index (χ0) is 14.8. The van der Waals surface area contributed by atoms with Gasteiger partial charge in [0.15, 0.2) is 0 Å². The molecule has 4 heteroatoms. The minimum Gasteiger partial charge on any atom is -0.489 e. The number of ether oxygens (including phenoxy) is 1. The summed E-state index contributed by atoms with van der Waals surface area (Å²) < 4.78 is 6.69. The van der Waals surface area contributed by atoms with E-state index in [4.69, 9.17) is 10.5 Å². The van der Waals surface area contributed by atoms with Crippen LogP contribution in [-0.4, -0.2) is 11.1 Å². The Balaban J connectivity index is 2.38. The highest BCUT2D eigenvalue weighted by Crippen LogP contribution is 2.29. The van der Waals surface area contributed by atoms with E-state index in [1.165, 1.54) is 0 Å². The van der Waals surface area contributed by atoms with Crippen LogP contribution >= 0.6 is 15.9 Å². The summed E-state index contributed by atoms with van der Waals surface area (Å²) in [6.45, 7) is 5.95. The molecule has 1 heterocycles. The molecule has 2 aromatic rings. The fourth-order valence-electron chi connectivity index (χ4n) is 2.02. The van der Waals surface area contributed by atoms with Crippen LogP contribution in [0.3, 0.4) is 0 Å². The highest BCUT2D eigenvalue weighted by Gasteiger charge is 2.25. The Hall–Kier alpha value is -1.39. The van der Waals surface area contributed by atoms with Crippen LogP contribution < -0.4 is 10.5 Å². The quantitative estimate of drug-likeness (QED) is 0.923. The summed E-state index contributed by atoms with van der Waals surface area (Å²) in [7, 11) is 0. The number of nitrogens with two attached hydrogens (primary N) is 1. The van der Waals surface area contributed by atoms with E-state index in [0.717, 1.165) is 21.3 Å². The summed E-state index contributed by atoms with van der Waals surface area (Å²) >= 11 is 3.48. The van der Waals surface area contributed by atoms with Gasteiger partial charge in [-0.3, -0.25) is 4.98 Å². The summed E-state index contributed by atoms with van der Waals surface area (Å²) in [4.78, 5) is 4.24. The second-order valence-electron chi connectivity index (χ2n) is 5.29. The van der Waals surface area contributed by atoms with Gasteiger partial charge in [0.05, 0.1) is 17.8 Å². The maximum atomic E-state index is 6.51. The average Bonchev–Trinajstić information content (AvgIpc) is 2.38. The van der Waals surface area contributed by atoms with Crippen molar-refractivity contribution in [3.8, 4) is 5.75 Å². The molecule has 106 valence electrons. The van der Waals surface area contributed by atoms with Gasteiger partial charge in [-0.15, -0.1) is 0 Å². The van der Waals surface area contributed by atoms with E-state index < -0.39 is 5.54 Å². The molecule has 0 spiro atoms. The maximum Gasteiger partial charge on any atom is 0.138 e. The van der Waals surface area contributed by atoms with Gasteiger partial charge < -0.3 is 10.5 Å². The third-order valence-electron chi connectivity index (χ3n) is 3.11. The molecule has 0 aliphatic rings. The van der Waals surface area contributed by atoms with Crippen LogP contribution in [0.1, 0.15) is 31.9 Å². The summed E-state index contributed by atoms with van der Waals surface area (Å²) in [5.41, 5.74) is 7.84. The highest BCUT2D eigenvalue weighted by atomic mass is 79.9. The SMILES string of the molecule is CC(C)Oc1cncc(C(C)(N)c2cccc(Br)c2)c1. The molecule has 2 rings (SSSR count). The first-order valence-corrected chi connectivity index (χ1v) is 7.36. The Morgan fingerprint density at radius 1 is 1.20 bits per heavy atom. The third kappa shape index (κ3) is 3.38. The molecule has 1 atom stereocenters. The van der Waals surface area contributed by atoms with Crippen LogP contribution in [0.4, 0.5) is 0 Å². The van der Waals surface area contributed by atoms with Crippen LogP contribution in [-0.2, 0) is 5.54 Å². The molecular weight excluding hydrogens is 316 g/mol. The molecule has 0 aliphatic carbocycles. The number of nitrogens with zero attached hydrogens (tertiary/aromatic N) is 1. The second kappa shape index (κ2) is 5.94. The Kier molecular flexibility index (Phi) is 4.45. The molecule has 0 aliphatic heterocycles. The first-order valence-electron chi connectivity index (χ1n) is 6.56. The number of aromatic nitrogens is 1. The predicted molar refractivity (Wildman–Crippen MR) is 84.8 cm³/mol. The van der Waals surface area contributed by atoms with Crippen LogP contribution in [0.2, 0.25) is 0 Å². The lowest BCUT2D eigenvalue weighted by atomic mass is 9.87. The number of benzene rings is 1. The summed E-state index contributed by atoms with van der Waals surface area (Å²) in [6, 6.07) is 9.95. The normalized spacial score (nSPS) is 14.1. The number of hydrogen-bond donors (Lipinski definition) is 1. The van der Waals surface area contributed by atoms with Crippen molar-refractivity contribution in [1.82, 2.24) is 4.98 Å². The highest BCUT2D eigenvalue weighted by molar-refractivity contribution is 9.10. The molecule has 1 unspecified atom stereocenters. The van der Waals surface area contributed by atoms with E-state index in [0.29, 0.717) is 0 Å². The summed E-state index contributed by atoms with van der Waals surface area (Å²) in [5, 5.41) is 0. The lowest BCUT2D eigenvalue weighted by molar-refractivity contribution is 0.241. The number of pyridine rings is 1. The lowest BCUT2D eigenvalue weighted by Crippen LogP contribution is -2.34. The van der Waals surface area contributed by atoms with E-state index in [1.54, 1.807) is 12.4 Å². The topological polar surface area (TPSA) is 48.1 Å².